The van der Waals surface area contributed by atoms with Crippen molar-refractivity contribution in [3.8, 4) is 0 Å². The summed E-state index contributed by atoms with van der Waals surface area (Å²) in [7, 11) is 0. The minimum absolute atomic E-state index is 0.380. The SMILES string of the molecule is Nc1nc(N2CC3CCCC3C2)c2ccccc2n1. The van der Waals surface area contributed by atoms with Gasteiger partial charge in [-0.1, -0.05) is 18.6 Å². The molecule has 19 heavy (non-hydrogen) atoms. The Morgan fingerprint density at radius 1 is 1.05 bits per heavy atom. The van der Waals surface area contributed by atoms with E-state index in [1.165, 1.54) is 19.3 Å². The molecule has 4 nitrogen and oxygen atoms in total. The van der Waals surface area contributed by atoms with E-state index in [2.05, 4.69) is 20.9 Å². The number of fused-ring (bicyclic) bond motifs is 2. The Hall–Kier alpha value is -1.84. The number of aromatic nitrogens is 2. The van der Waals surface area contributed by atoms with E-state index in [0.717, 1.165) is 41.6 Å². The summed E-state index contributed by atoms with van der Waals surface area (Å²) >= 11 is 0. The summed E-state index contributed by atoms with van der Waals surface area (Å²) in [4.78, 5) is 11.2. The molecule has 1 aliphatic heterocycles. The van der Waals surface area contributed by atoms with Crippen LogP contribution < -0.4 is 10.6 Å². The van der Waals surface area contributed by atoms with Crippen molar-refractivity contribution in [2.45, 2.75) is 19.3 Å². The van der Waals surface area contributed by atoms with E-state index < -0.39 is 0 Å². The fraction of sp³-hybridized carbons (Fsp3) is 0.467. The van der Waals surface area contributed by atoms with Gasteiger partial charge in [0.25, 0.3) is 0 Å². The number of nitrogen functional groups attached to an aromatic ring is 1. The highest BCUT2D eigenvalue weighted by Crippen LogP contribution is 2.40. The molecule has 2 unspecified atom stereocenters. The van der Waals surface area contributed by atoms with Crippen molar-refractivity contribution in [2.24, 2.45) is 11.8 Å². The van der Waals surface area contributed by atoms with Crippen molar-refractivity contribution in [3.05, 3.63) is 24.3 Å². The smallest absolute Gasteiger partial charge is 0.222 e. The van der Waals surface area contributed by atoms with Gasteiger partial charge in [0.1, 0.15) is 5.82 Å². The first-order valence-corrected chi connectivity index (χ1v) is 7.08. The second-order valence-electron chi connectivity index (χ2n) is 5.78. The first-order chi connectivity index (χ1) is 9.31. The van der Waals surface area contributed by atoms with Crippen molar-refractivity contribution >= 4 is 22.7 Å². The lowest BCUT2D eigenvalue weighted by atomic mass is 10.0. The zero-order valence-corrected chi connectivity index (χ0v) is 10.9. The van der Waals surface area contributed by atoms with Crippen LogP contribution in [0.25, 0.3) is 10.9 Å². The first-order valence-electron chi connectivity index (χ1n) is 7.08. The summed E-state index contributed by atoms with van der Waals surface area (Å²) in [5, 5.41) is 1.12. The molecule has 2 heterocycles. The summed E-state index contributed by atoms with van der Waals surface area (Å²) < 4.78 is 0. The normalized spacial score (nSPS) is 26.0. The highest BCUT2D eigenvalue weighted by Gasteiger charge is 2.37. The van der Waals surface area contributed by atoms with E-state index in [-0.39, 0.29) is 0 Å². The number of rotatable bonds is 1. The van der Waals surface area contributed by atoms with E-state index in [9.17, 15) is 0 Å². The van der Waals surface area contributed by atoms with Gasteiger partial charge >= 0.3 is 0 Å². The number of hydrogen-bond donors (Lipinski definition) is 1. The molecule has 1 aromatic heterocycles. The molecule has 2 fully saturated rings. The van der Waals surface area contributed by atoms with Gasteiger partial charge in [0.05, 0.1) is 5.52 Å². The maximum Gasteiger partial charge on any atom is 0.222 e. The molecule has 2 N–H and O–H groups in total. The average Bonchev–Trinajstić information content (AvgIpc) is 2.98. The van der Waals surface area contributed by atoms with Gasteiger partial charge in [-0.15, -0.1) is 0 Å². The fourth-order valence-corrected chi connectivity index (χ4v) is 3.73. The van der Waals surface area contributed by atoms with Gasteiger partial charge in [-0.3, -0.25) is 0 Å². The molecule has 98 valence electrons. The van der Waals surface area contributed by atoms with Crippen LogP contribution in [0.2, 0.25) is 0 Å². The van der Waals surface area contributed by atoms with Crippen LogP contribution in [0.4, 0.5) is 11.8 Å². The highest BCUT2D eigenvalue weighted by molar-refractivity contribution is 5.90. The molecule has 0 radical (unpaired) electrons. The van der Waals surface area contributed by atoms with E-state index >= 15 is 0 Å². The Morgan fingerprint density at radius 3 is 2.58 bits per heavy atom. The third-order valence-corrected chi connectivity index (χ3v) is 4.63. The molecular weight excluding hydrogens is 236 g/mol. The largest absolute Gasteiger partial charge is 0.368 e. The molecule has 0 amide bonds. The van der Waals surface area contributed by atoms with Crippen LogP contribution in [0.5, 0.6) is 0 Å². The number of anilines is 2. The highest BCUT2D eigenvalue weighted by atomic mass is 15.2. The molecule has 2 aromatic rings. The Morgan fingerprint density at radius 2 is 1.79 bits per heavy atom. The van der Waals surface area contributed by atoms with Gasteiger partial charge in [-0.05, 0) is 36.8 Å². The summed E-state index contributed by atoms with van der Waals surface area (Å²) in [6, 6.07) is 8.14. The number of para-hydroxylation sites is 1. The molecule has 4 heteroatoms. The van der Waals surface area contributed by atoms with E-state index in [1.807, 2.05) is 18.2 Å². The van der Waals surface area contributed by atoms with Gasteiger partial charge in [0, 0.05) is 18.5 Å². The van der Waals surface area contributed by atoms with Gasteiger partial charge in [0.2, 0.25) is 5.95 Å². The monoisotopic (exact) mass is 254 g/mol. The Labute approximate surface area is 112 Å². The summed E-state index contributed by atoms with van der Waals surface area (Å²) in [6.45, 7) is 2.26. The molecule has 1 saturated carbocycles. The number of nitrogens with zero attached hydrogens (tertiary/aromatic N) is 3. The van der Waals surface area contributed by atoms with Gasteiger partial charge < -0.3 is 10.6 Å². The van der Waals surface area contributed by atoms with Crippen LogP contribution in [-0.2, 0) is 0 Å². The zero-order valence-electron chi connectivity index (χ0n) is 10.9. The summed E-state index contributed by atoms with van der Waals surface area (Å²) in [5.74, 6) is 3.12. The van der Waals surface area contributed by atoms with Crippen LogP contribution in [0.3, 0.4) is 0 Å². The molecule has 2 atom stereocenters. The molecular formula is C15H18N4. The maximum atomic E-state index is 5.86. The molecule has 1 aliphatic carbocycles. The number of hydrogen-bond acceptors (Lipinski definition) is 4. The molecule has 4 rings (SSSR count). The predicted octanol–water partition coefficient (Wildman–Crippen LogP) is 2.45. The van der Waals surface area contributed by atoms with E-state index in [1.54, 1.807) is 0 Å². The number of nitrogens with two attached hydrogens (primary N) is 1. The van der Waals surface area contributed by atoms with Crippen LogP contribution >= 0.6 is 0 Å². The van der Waals surface area contributed by atoms with Crippen LogP contribution in [0, 0.1) is 11.8 Å². The van der Waals surface area contributed by atoms with Crippen molar-refractivity contribution in [1.82, 2.24) is 9.97 Å². The lowest BCUT2D eigenvalue weighted by Gasteiger charge is -2.20. The quantitative estimate of drug-likeness (QED) is 0.849. The molecule has 0 bridgehead atoms. The summed E-state index contributed by atoms with van der Waals surface area (Å²) in [6.07, 6.45) is 4.15. The van der Waals surface area contributed by atoms with Crippen LogP contribution in [0.1, 0.15) is 19.3 Å². The van der Waals surface area contributed by atoms with Crippen LogP contribution in [-0.4, -0.2) is 23.1 Å². The molecule has 1 aromatic carbocycles. The van der Waals surface area contributed by atoms with Gasteiger partial charge in [-0.25, -0.2) is 4.98 Å². The van der Waals surface area contributed by atoms with Crippen molar-refractivity contribution < 1.29 is 0 Å². The lowest BCUT2D eigenvalue weighted by molar-refractivity contribution is 0.494. The first kappa shape index (κ1) is 11.0. The average molecular weight is 254 g/mol. The summed E-state index contributed by atoms with van der Waals surface area (Å²) in [5.41, 5.74) is 6.81. The van der Waals surface area contributed by atoms with Gasteiger partial charge in [0.15, 0.2) is 0 Å². The molecule has 1 saturated heterocycles. The second-order valence-corrected chi connectivity index (χ2v) is 5.78. The lowest BCUT2D eigenvalue weighted by Crippen LogP contribution is -2.22. The topological polar surface area (TPSA) is 55.0 Å². The third kappa shape index (κ3) is 1.74. The minimum Gasteiger partial charge on any atom is -0.368 e. The molecule has 0 spiro atoms. The predicted molar refractivity (Wildman–Crippen MR) is 77.0 cm³/mol. The van der Waals surface area contributed by atoms with E-state index in [4.69, 9.17) is 5.73 Å². The van der Waals surface area contributed by atoms with Gasteiger partial charge in [-0.2, -0.15) is 4.98 Å². The Kier molecular flexibility index (Phi) is 2.37. The fourth-order valence-electron chi connectivity index (χ4n) is 3.73. The standard InChI is InChI=1S/C15H18N4/c16-15-17-13-7-2-1-6-12(13)14(18-15)19-8-10-4-3-5-11(10)9-19/h1-2,6-7,10-11H,3-5,8-9H2,(H2,16,17,18). The minimum atomic E-state index is 0.380. The maximum absolute atomic E-state index is 5.86. The van der Waals surface area contributed by atoms with Crippen LogP contribution in [0.15, 0.2) is 24.3 Å². The third-order valence-electron chi connectivity index (χ3n) is 4.63. The Balaban J connectivity index is 1.78. The second kappa shape index (κ2) is 4.08. The molecule has 2 aliphatic rings. The van der Waals surface area contributed by atoms with E-state index in [0.29, 0.717) is 5.95 Å². The Bertz CT molecular complexity index is 613. The zero-order chi connectivity index (χ0) is 12.8. The number of benzene rings is 1. The van der Waals surface area contributed by atoms with Crippen molar-refractivity contribution in [3.63, 3.8) is 0 Å². The van der Waals surface area contributed by atoms with Crippen molar-refractivity contribution in [2.75, 3.05) is 23.7 Å². The van der Waals surface area contributed by atoms with Crippen molar-refractivity contribution in [1.29, 1.82) is 0 Å².